The molecule has 2 nitrogen and oxygen atoms in total. The molecular weight excluding hydrogens is 280 g/mol. The second-order valence-electron chi connectivity index (χ2n) is 6.12. The average Bonchev–Trinajstić information content (AvgIpc) is 2.60. The molecule has 1 aromatic rings. The van der Waals surface area contributed by atoms with E-state index in [1.165, 1.54) is 49.8 Å². The van der Waals surface area contributed by atoms with E-state index >= 15 is 0 Å². The number of unbranched alkanes of at least 4 members (excludes halogenated alkanes) is 5. The predicted molar refractivity (Wildman–Crippen MR) is 103 cm³/mol. The first-order chi connectivity index (χ1) is 11.3. The molecule has 0 saturated heterocycles. The lowest BCUT2D eigenvalue weighted by molar-refractivity contribution is 0.251. The van der Waals surface area contributed by atoms with Crippen LogP contribution in [0.2, 0.25) is 0 Å². The van der Waals surface area contributed by atoms with E-state index in [4.69, 9.17) is 0 Å². The average molecular weight is 315 g/mol. The van der Waals surface area contributed by atoms with Gasteiger partial charge in [0.1, 0.15) is 0 Å². The van der Waals surface area contributed by atoms with E-state index in [1.54, 1.807) is 0 Å². The molecule has 0 fully saturated rings. The fourth-order valence-electron chi connectivity index (χ4n) is 3.09. The molecule has 0 aliphatic heterocycles. The number of benzene rings is 1. The molecule has 23 heavy (non-hydrogen) atoms. The minimum atomic E-state index is 0.278. The first kappa shape index (κ1) is 19.5. The third-order valence-electron chi connectivity index (χ3n) is 4.43. The van der Waals surface area contributed by atoms with Gasteiger partial charge in [-0.2, -0.15) is 5.10 Å². The fraction of sp³-hybridized carbons (Fsp3) is 0.571. The normalized spacial score (nSPS) is 12.9. The Hall–Kier alpha value is -1.57. The van der Waals surface area contributed by atoms with Gasteiger partial charge in [0, 0.05) is 12.4 Å². The van der Waals surface area contributed by atoms with E-state index in [2.05, 4.69) is 74.0 Å². The largest absolute Gasteiger partial charge is 0.263 e. The van der Waals surface area contributed by atoms with Gasteiger partial charge in [0.15, 0.2) is 0 Å². The lowest BCUT2D eigenvalue weighted by atomic mass is 10.0. The molecule has 0 saturated carbocycles. The number of nitrogens with zero attached hydrogens (tertiary/aromatic N) is 2. The monoisotopic (exact) mass is 314 g/mol. The van der Waals surface area contributed by atoms with Gasteiger partial charge >= 0.3 is 0 Å². The topological polar surface area (TPSA) is 15.6 Å². The molecule has 0 spiro atoms. The first-order valence-electron chi connectivity index (χ1n) is 9.24. The Morgan fingerprint density at radius 3 is 2.30 bits per heavy atom. The third kappa shape index (κ3) is 6.60. The second kappa shape index (κ2) is 11.9. The van der Waals surface area contributed by atoms with E-state index in [0.717, 1.165) is 12.8 Å². The summed E-state index contributed by atoms with van der Waals surface area (Å²) in [6, 6.07) is 10.9. The van der Waals surface area contributed by atoms with Crippen LogP contribution in [0.1, 0.15) is 83.7 Å². The molecule has 1 atom stereocenters. The zero-order chi connectivity index (χ0) is 16.9. The second-order valence-corrected chi connectivity index (χ2v) is 6.12. The van der Waals surface area contributed by atoms with Crippen molar-refractivity contribution in [1.29, 1.82) is 0 Å². The van der Waals surface area contributed by atoms with Gasteiger partial charge in [0.05, 0.1) is 6.04 Å². The minimum Gasteiger partial charge on any atom is -0.263 e. The Morgan fingerprint density at radius 2 is 1.74 bits per heavy atom. The maximum Gasteiger partial charge on any atom is 0.0768 e. The van der Waals surface area contributed by atoms with Crippen LogP contribution in [0.4, 0.5) is 0 Å². The highest BCUT2D eigenvalue weighted by atomic mass is 15.5. The minimum absolute atomic E-state index is 0.278. The van der Waals surface area contributed by atoms with Crippen molar-refractivity contribution in [2.75, 3.05) is 0 Å². The molecule has 0 N–H and O–H groups in total. The number of hydrazone groups is 1. The molecular formula is C21H34N2. The molecule has 1 rings (SSSR count). The van der Waals surface area contributed by atoms with Crippen LogP contribution in [0.25, 0.3) is 0 Å². The zero-order valence-corrected chi connectivity index (χ0v) is 15.3. The third-order valence-corrected chi connectivity index (χ3v) is 4.43. The summed E-state index contributed by atoms with van der Waals surface area (Å²) in [6.45, 7) is 10.4. The summed E-state index contributed by atoms with van der Waals surface area (Å²) in [5, 5.41) is 6.48. The van der Waals surface area contributed by atoms with Gasteiger partial charge in [-0.1, -0.05) is 82.4 Å². The van der Waals surface area contributed by atoms with Gasteiger partial charge in [0.25, 0.3) is 0 Å². The molecule has 1 aromatic carbocycles. The maximum absolute atomic E-state index is 4.35. The van der Waals surface area contributed by atoms with Gasteiger partial charge in [-0.05, 0) is 31.7 Å². The van der Waals surface area contributed by atoms with Gasteiger partial charge in [0.2, 0.25) is 0 Å². The van der Waals surface area contributed by atoms with Gasteiger partial charge in [-0.25, -0.2) is 0 Å². The van der Waals surface area contributed by atoms with Crippen molar-refractivity contribution in [3.8, 4) is 0 Å². The summed E-state index contributed by atoms with van der Waals surface area (Å²) in [5.74, 6) is 0. The summed E-state index contributed by atoms with van der Waals surface area (Å²) in [6.07, 6.45) is 12.3. The van der Waals surface area contributed by atoms with E-state index in [1.807, 2.05) is 0 Å². The van der Waals surface area contributed by atoms with Crippen LogP contribution in [0.15, 0.2) is 47.2 Å². The number of allylic oxidation sites excluding steroid dienone is 2. The molecule has 1 unspecified atom stereocenters. The summed E-state index contributed by atoms with van der Waals surface area (Å²) in [5.41, 5.74) is 2.61. The van der Waals surface area contributed by atoms with Crippen LogP contribution in [-0.2, 0) is 0 Å². The van der Waals surface area contributed by atoms with Crippen molar-refractivity contribution in [2.24, 2.45) is 5.10 Å². The number of hydrogen-bond acceptors (Lipinski definition) is 2. The summed E-state index contributed by atoms with van der Waals surface area (Å²) < 4.78 is 0. The Labute approximate surface area is 143 Å². The van der Waals surface area contributed by atoms with Crippen LogP contribution < -0.4 is 0 Å². The zero-order valence-electron chi connectivity index (χ0n) is 15.3. The summed E-state index contributed by atoms with van der Waals surface area (Å²) in [7, 11) is 0. The van der Waals surface area contributed by atoms with Crippen molar-refractivity contribution in [1.82, 2.24) is 5.01 Å². The molecule has 0 aromatic heterocycles. The summed E-state index contributed by atoms with van der Waals surface area (Å²) in [4.78, 5) is 0. The quantitative estimate of drug-likeness (QED) is 0.238. The van der Waals surface area contributed by atoms with Gasteiger partial charge < -0.3 is 0 Å². The van der Waals surface area contributed by atoms with Crippen molar-refractivity contribution < 1.29 is 0 Å². The van der Waals surface area contributed by atoms with Gasteiger partial charge in [-0.15, -0.1) is 0 Å². The first-order valence-corrected chi connectivity index (χ1v) is 9.24. The van der Waals surface area contributed by atoms with Crippen LogP contribution in [0.5, 0.6) is 0 Å². The van der Waals surface area contributed by atoms with E-state index in [0.29, 0.717) is 0 Å². The lowest BCUT2D eigenvalue weighted by Crippen LogP contribution is -2.22. The number of hydrogen-bond donors (Lipinski definition) is 0. The highest BCUT2D eigenvalue weighted by Gasteiger charge is 2.19. The van der Waals surface area contributed by atoms with Crippen molar-refractivity contribution in [2.45, 2.75) is 78.2 Å². The molecule has 128 valence electrons. The van der Waals surface area contributed by atoms with Gasteiger partial charge in [-0.3, -0.25) is 5.01 Å². The van der Waals surface area contributed by atoms with E-state index in [-0.39, 0.29) is 6.04 Å². The standard InChI is InChI=1S/C21H34N2/c1-5-8-9-10-11-15-18-20(6-2)23(22-4)21(7-3)19-16-13-12-14-17-19/h6,12-14,16-17,21H,4-5,7-11,15,18H2,1-3H3/b20-6-. The van der Waals surface area contributed by atoms with Crippen LogP contribution in [-0.4, -0.2) is 11.7 Å². The van der Waals surface area contributed by atoms with Crippen LogP contribution in [0, 0.1) is 0 Å². The SMILES string of the molecule is C=NN(/C(=C\C)CCCCCCCC)C(CC)c1ccccc1. The fourth-order valence-corrected chi connectivity index (χ4v) is 3.09. The van der Waals surface area contributed by atoms with E-state index in [9.17, 15) is 0 Å². The Morgan fingerprint density at radius 1 is 1.09 bits per heavy atom. The molecule has 0 aliphatic carbocycles. The highest BCUT2D eigenvalue weighted by Crippen LogP contribution is 2.30. The number of rotatable bonds is 12. The Kier molecular flexibility index (Phi) is 10.1. The maximum atomic E-state index is 4.35. The van der Waals surface area contributed by atoms with Crippen molar-refractivity contribution in [3.63, 3.8) is 0 Å². The Balaban J connectivity index is 2.63. The van der Waals surface area contributed by atoms with E-state index < -0.39 is 0 Å². The summed E-state index contributed by atoms with van der Waals surface area (Å²) >= 11 is 0. The molecule has 0 aliphatic rings. The molecule has 2 heteroatoms. The van der Waals surface area contributed by atoms with Crippen LogP contribution in [0.3, 0.4) is 0 Å². The van der Waals surface area contributed by atoms with Crippen molar-refractivity contribution >= 4 is 6.72 Å². The molecule has 0 radical (unpaired) electrons. The smallest absolute Gasteiger partial charge is 0.0768 e. The molecule has 0 bridgehead atoms. The lowest BCUT2D eigenvalue weighted by Gasteiger charge is -2.30. The predicted octanol–water partition coefficient (Wildman–Crippen LogP) is 6.71. The molecule has 0 amide bonds. The van der Waals surface area contributed by atoms with Crippen LogP contribution >= 0.6 is 0 Å². The highest BCUT2D eigenvalue weighted by molar-refractivity contribution is 5.26. The molecule has 0 heterocycles. The Bertz CT molecular complexity index is 450. The van der Waals surface area contributed by atoms with Crippen molar-refractivity contribution in [3.05, 3.63) is 47.7 Å².